The molecule has 0 spiro atoms. The second-order valence-corrected chi connectivity index (χ2v) is 1.45. The zero-order valence-electron chi connectivity index (χ0n) is 4.67. The van der Waals surface area contributed by atoms with E-state index in [4.69, 9.17) is 5.26 Å². The van der Waals surface area contributed by atoms with Crippen LogP contribution in [0.2, 0.25) is 0 Å². The van der Waals surface area contributed by atoms with E-state index < -0.39 is 17.7 Å². The summed E-state index contributed by atoms with van der Waals surface area (Å²) in [5, 5.41) is 8.08. The third-order valence-corrected chi connectivity index (χ3v) is 0.764. The number of hydrogen-bond donors (Lipinski definition) is 0. The molecule has 3 nitrogen and oxygen atoms in total. The second kappa shape index (κ2) is 2.35. The van der Waals surface area contributed by atoms with Crippen molar-refractivity contribution in [2.24, 2.45) is 0 Å². The molecular weight excluding hydrogens is 140 g/mol. The monoisotopic (exact) mass is 141 g/mol. The molecule has 1 rings (SSSR count). The van der Waals surface area contributed by atoms with Crippen molar-refractivity contribution in [1.29, 1.82) is 5.26 Å². The van der Waals surface area contributed by atoms with Crippen LogP contribution in [0.1, 0.15) is 5.82 Å². The fourth-order valence-electron chi connectivity index (χ4n) is 0.440. The first kappa shape index (κ1) is 6.55. The highest BCUT2D eigenvalue weighted by molar-refractivity contribution is 5.08. The van der Waals surface area contributed by atoms with Gasteiger partial charge in [0, 0.05) is 6.07 Å². The van der Waals surface area contributed by atoms with Crippen LogP contribution in [0.4, 0.5) is 8.78 Å². The highest BCUT2D eigenvalue weighted by Crippen LogP contribution is 1.96. The van der Waals surface area contributed by atoms with Crippen LogP contribution in [0.3, 0.4) is 0 Å². The predicted molar refractivity (Wildman–Crippen MR) is 26.7 cm³/mol. The smallest absolute Gasteiger partial charge is 0.190 e. The van der Waals surface area contributed by atoms with Gasteiger partial charge in [-0.15, -0.1) is 0 Å². The van der Waals surface area contributed by atoms with Crippen LogP contribution in [-0.4, -0.2) is 9.97 Å². The molecule has 0 unspecified atom stereocenters. The number of aromatic nitrogens is 2. The summed E-state index contributed by atoms with van der Waals surface area (Å²) in [6.07, 6.45) is 0. The number of hydrogen-bond acceptors (Lipinski definition) is 3. The van der Waals surface area contributed by atoms with Gasteiger partial charge in [-0.05, 0) is 0 Å². The highest BCUT2D eigenvalue weighted by Gasteiger charge is 2.00. The van der Waals surface area contributed by atoms with E-state index in [0.29, 0.717) is 6.07 Å². The average Bonchev–Trinajstić information content (AvgIpc) is 1.85. The summed E-state index contributed by atoms with van der Waals surface area (Å²) in [5.41, 5.74) is 0. The summed E-state index contributed by atoms with van der Waals surface area (Å²) in [5.74, 6) is -2.58. The number of nitrogens with zero attached hydrogens (tertiary/aromatic N) is 3. The van der Waals surface area contributed by atoms with Gasteiger partial charge in [0.1, 0.15) is 6.07 Å². The Morgan fingerprint density at radius 1 is 1.30 bits per heavy atom. The molecule has 0 amide bonds. The molecule has 1 aromatic rings. The Balaban J connectivity index is 3.22. The van der Waals surface area contributed by atoms with Crippen molar-refractivity contribution in [2.45, 2.75) is 0 Å². The van der Waals surface area contributed by atoms with Crippen LogP contribution in [0.15, 0.2) is 6.07 Å². The Morgan fingerprint density at radius 2 is 1.80 bits per heavy atom. The van der Waals surface area contributed by atoms with Gasteiger partial charge in [-0.3, -0.25) is 0 Å². The average molecular weight is 141 g/mol. The Morgan fingerprint density at radius 3 is 2.20 bits per heavy atom. The third-order valence-electron chi connectivity index (χ3n) is 0.764. The van der Waals surface area contributed by atoms with Crippen molar-refractivity contribution in [3.05, 3.63) is 23.8 Å². The molecular formula is C5HF2N3. The lowest BCUT2D eigenvalue weighted by Gasteiger charge is -1.87. The lowest BCUT2D eigenvalue weighted by atomic mass is 10.6. The zero-order chi connectivity index (χ0) is 7.56. The molecule has 10 heavy (non-hydrogen) atoms. The lowest BCUT2D eigenvalue weighted by molar-refractivity contribution is 0.522. The minimum Gasteiger partial charge on any atom is -0.190 e. The van der Waals surface area contributed by atoms with E-state index in [9.17, 15) is 8.78 Å². The van der Waals surface area contributed by atoms with Gasteiger partial charge < -0.3 is 0 Å². The molecule has 5 heteroatoms. The molecule has 0 aliphatic carbocycles. The lowest BCUT2D eigenvalue weighted by Crippen LogP contribution is -1.95. The summed E-state index contributed by atoms with van der Waals surface area (Å²) in [6, 6.07) is 1.91. The molecule has 0 N–H and O–H groups in total. The van der Waals surface area contributed by atoms with Crippen LogP contribution in [0.5, 0.6) is 0 Å². The zero-order valence-corrected chi connectivity index (χ0v) is 4.67. The maximum absolute atomic E-state index is 12.1. The number of halogens is 2. The maximum atomic E-state index is 12.1. The van der Waals surface area contributed by atoms with Gasteiger partial charge in [0.05, 0.1) is 0 Å². The SMILES string of the molecule is N#Cc1nc(F)cc(F)n1. The van der Waals surface area contributed by atoms with Crippen LogP contribution in [0, 0.1) is 23.2 Å². The van der Waals surface area contributed by atoms with E-state index in [2.05, 4.69) is 9.97 Å². The molecule has 0 aliphatic rings. The fourth-order valence-corrected chi connectivity index (χ4v) is 0.440. The fraction of sp³-hybridized carbons (Fsp3) is 0. The Hall–Kier alpha value is -1.57. The van der Waals surface area contributed by atoms with E-state index in [-0.39, 0.29) is 0 Å². The quantitative estimate of drug-likeness (QED) is 0.498. The summed E-state index contributed by atoms with van der Waals surface area (Å²) < 4.78 is 24.1. The maximum Gasteiger partial charge on any atom is 0.237 e. The summed E-state index contributed by atoms with van der Waals surface area (Å²) in [4.78, 5) is 5.95. The molecule has 0 saturated heterocycles. The minimum absolute atomic E-state index is 0.501. The van der Waals surface area contributed by atoms with E-state index in [1.54, 1.807) is 0 Å². The molecule has 0 fully saturated rings. The topological polar surface area (TPSA) is 49.6 Å². The first-order valence-electron chi connectivity index (χ1n) is 2.32. The van der Waals surface area contributed by atoms with E-state index in [1.807, 2.05) is 0 Å². The highest BCUT2D eigenvalue weighted by atomic mass is 19.1. The normalized spacial score (nSPS) is 8.90. The van der Waals surface area contributed by atoms with Gasteiger partial charge in [0.25, 0.3) is 0 Å². The van der Waals surface area contributed by atoms with E-state index in [1.165, 1.54) is 6.07 Å². The van der Waals surface area contributed by atoms with Crippen LogP contribution < -0.4 is 0 Å². The Bertz CT molecular complexity index is 271. The molecule has 0 saturated carbocycles. The molecule has 1 aromatic heterocycles. The van der Waals surface area contributed by atoms with Gasteiger partial charge in [-0.2, -0.15) is 24.0 Å². The van der Waals surface area contributed by atoms with Crippen LogP contribution >= 0.6 is 0 Å². The molecule has 0 atom stereocenters. The second-order valence-electron chi connectivity index (χ2n) is 1.45. The van der Waals surface area contributed by atoms with Gasteiger partial charge in [0.15, 0.2) is 0 Å². The number of nitriles is 1. The summed E-state index contributed by atoms with van der Waals surface area (Å²) in [7, 11) is 0. The molecule has 0 bridgehead atoms. The van der Waals surface area contributed by atoms with Gasteiger partial charge in [-0.25, -0.2) is 0 Å². The molecule has 1 heterocycles. The van der Waals surface area contributed by atoms with Crippen molar-refractivity contribution >= 4 is 0 Å². The van der Waals surface area contributed by atoms with Crippen molar-refractivity contribution in [2.75, 3.05) is 0 Å². The largest absolute Gasteiger partial charge is 0.237 e. The summed E-state index contributed by atoms with van der Waals surface area (Å²) >= 11 is 0. The van der Waals surface area contributed by atoms with Crippen LogP contribution in [-0.2, 0) is 0 Å². The van der Waals surface area contributed by atoms with Crippen molar-refractivity contribution < 1.29 is 8.78 Å². The number of rotatable bonds is 0. The Kier molecular flexibility index (Phi) is 1.54. The predicted octanol–water partition coefficient (Wildman–Crippen LogP) is 0.626. The van der Waals surface area contributed by atoms with Gasteiger partial charge in [-0.1, -0.05) is 0 Å². The van der Waals surface area contributed by atoms with Gasteiger partial charge in [0.2, 0.25) is 17.7 Å². The molecule has 0 radical (unpaired) electrons. The van der Waals surface area contributed by atoms with Crippen LogP contribution in [0.25, 0.3) is 0 Å². The molecule has 50 valence electrons. The molecule has 0 aromatic carbocycles. The standard InChI is InChI=1S/C5HF2N3/c6-3-1-4(7)10-5(2-8)9-3/h1H. The Labute approximate surface area is 55.0 Å². The van der Waals surface area contributed by atoms with Crippen molar-refractivity contribution in [3.8, 4) is 6.07 Å². The van der Waals surface area contributed by atoms with Crippen molar-refractivity contribution in [3.63, 3.8) is 0 Å². The van der Waals surface area contributed by atoms with Gasteiger partial charge >= 0.3 is 0 Å². The van der Waals surface area contributed by atoms with E-state index >= 15 is 0 Å². The third kappa shape index (κ3) is 1.23. The molecule has 0 aliphatic heterocycles. The summed E-state index contributed by atoms with van der Waals surface area (Å²) in [6.45, 7) is 0. The van der Waals surface area contributed by atoms with E-state index in [0.717, 1.165) is 0 Å². The first-order valence-corrected chi connectivity index (χ1v) is 2.32. The van der Waals surface area contributed by atoms with Crippen molar-refractivity contribution in [1.82, 2.24) is 9.97 Å². The minimum atomic E-state index is -1.04. The first-order chi connectivity index (χ1) is 4.72.